The summed E-state index contributed by atoms with van der Waals surface area (Å²) in [5.74, 6) is 0.118. The minimum absolute atomic E-state index is 0.0669. The molecule has 0 radical (unpaired) electrons. The van der Waals surface area contributed by atoms with Crippen molar-refractivity contribution in [1.82, 2.24) is 4.98 Å². The Hall–Kier alpha value is -3.70. The van der Waals surface area contributed by atoms with Gasteiger partial charge in [-0.3, -0.25) is 0 Å². The fourth-order valence-corrected chi connectivity index (χ4v) is 6.25. The average Bonchev–Trinajstić information content (AvgIpc) is 3.19. The highest BCUT2D eigenvalue weighted by atomic mass is 32.1. The van der Waals surface area contributed by atoms with Gasteiger partial charge in [0.2, 0.25) is 0 Å². The minimum atomic E-state index is -0.969. The summed E-state index contributed by atoms with van der Waals surface area (Å²) in [6, 6.07) is 24.3. The Labute approximate surface area is 207 Å². The van der Waals surface area contributed by atoms with Crippen molar-refractivity contribution in [1.29, 1.82) is 0 Å². The van der Waals surface area contributed by atoms with E-state index in [-0.39, 0.29) is 11.7 Å². The molecule has 0 bridgehead atoms. The number of carbonyl (C=O) groups is 1. The Balaban J connectivity index is 1.41. The lowest BCUT2D eigenvalue weighted by atomic mass is 9.77. The van der Waals surface area contributed by atoms with Crippen LogP contribution in [0.1, 0.15) is 45.8 Å². The number of aromatic nitrogens is 1. The number of rotatable bonds is 5. The Bertz CT molecular complexity index is 1580. The van der Waals surface area contributed by atoms with Crippen LogP contribution in [0, 0.1) is 13.8 Å². The molecule has 35 heavy (non-hydrogen) atoms. The van der Waals surface area contributed by atoms with E-state index in [2.05, 4.69) is 43.3 Å². The van der Waals surface area contributed by atoms with Crippen LogP contribution in [0.2, 0.25) is 0 Å². The van der Waals surface area contributed by atoms with E-state index in [4.69, 9.17) is 9.72 Å². The Morgan fingerprint density at radius 1 is 1.00 bits per heavy atom. The van der Waals surface area contributed by atoms with Crippen molar-refractivity contribution in [3.8, 4) is 16.3 Å². The second kappa shape index (κ2) is 8.51. The summed E-state index contributed by atoms with van der Waals surface area (Å²) in [4.78, 5) is 18.4. The van der Waals surface area contributed by atoms with Gasteiger partial charge in [0.05, 0.1) is 33.1 Å². The van der Waals surface area contributed by atoms with Crippen LogP contribution in [0.5, 0.6) is 5.75 Å². The normalized spacial score (nSPS) is 17.4. The number of aromatic carboxylic acids is 1. The van der Waals surface area contributed by atoms with Crippen molar-refractivity contribution in [3.05, 3.63) is 95.1 Å². The van der Waals surface area contributed by atoms with E-state index in [1.54, 1.807) is 17.4 Å². The molecule has 2 heterocycles. The molecule has 0 saturated heterocycles. The van der Waals surface area contributed by atoms with Crippen molar-refractivity contribution in [2.24, 2.45) is 0 Å². The molecule has 0 unspecified atom stereocenters. The third kappa shape index (κ3) is 3.76. The van der Waals surface area contributed by atoms with Gasteiger partial charge in [0.25, 0.3) is 0 Å². The lowest BCUT2D eigenvalue weighted by Crippen LogP contribution is -2.32. The molecule has 1 N–H and O–H groups in total. The zero-order valence-corrected chi connectivity index (χ0v) is 20.4. The number of thiophene rings is 1. The van der Waals surface area contributed by atoms with Gasteiger partial charge in [-0.2, -0.15) is 0 Å². The fraction of sp³-hybridized carbons (Fsp3) is 0.200. The monoisotopic (exact) mass is 479 g/mol. The molecule has 0 spiro atoms. The lowest BCUT2D eigenvalue weighted by molar-refractivity contribution is 0.0697. The predicted octanol–water partition coefficient (Wildman–Crippen LogP) is 7.76. The molecule has 4 nitrogen and oxygen atoms in total. The Kier molecular flexibility index (Phi) is 5.30. The predicted molar refractivity (Wildman–Crippen MR) is 142 cm³/mol. The molecule has 0 amide bonds. The number of aryl methyl sites for hydroxylation is 2. The maximum Gasteiger partial charge on any atom is 0.336 e. The minimum Gasteiger partial charge on any atom is -0.490 e. The molecule has 1 aliphatic rings. The number of ether oxygens (including phenoxy) is 1. The number of hydrogen-bond donors (Lipinski definition) is 1. The molecule has 2 aromatic heterocycles. The van der Waals surface area contributed by atoms with Gasteiger partial charge in [0, 0.05) is 4.70 Å². The van der Waals surface area contributed by atoms with Crippen LogP contribution < -0.4 is 4.74 Å². The number of nitrogens with zero attached hydrogens (tertiary/aromatic N) is 1. The molecule has 0 aliphatic heterocycles. The van der Waals surface area contributed by atoms with Gasteiger partial charge in [-0.1, -0.05) is 54.6 Å². The van der Waals surface area contributed by atoms with Crippen molar-refractivity contribution >= 4 is 38.3 Å². The first-order valence-corrected chi connectivity index (χ1v) is 12.7. The van der Waals surface area contributed by atoms with Gasteiger partial charge in [-0.25, -0.2) is 9.78 Å². The molecule has 3 aromatic carbocycles. The molecule has 174 valence electrons. The summed E-state index contributed by atoms with van der Waals surface area (Å²) in [6.45, 7) is 4.05. The maximum atomic E-state index is 12.4. The number of carboxylic acid groups (broad SMARTS) is 1. The first kappa shape index (κ1) is 21.8. The van der Waals surface area contributed by atoms with Crippen LogP contribution in [0.4, 0.5) is 0 Å². The van der Waals surface area contributed by atoms with E-state index < -0.39 is 5.97 Å². The topological polar surface area (TPSA) is 59.4 Å². The lowest BCUT2D eigenvalue weighted by Gasteiger charge is -2.36. The SMILES string of the molecule is Cc1c(-c2cc(C(=O)O)c3c(O[C@H]4C[C@@H](c5ccccc5)C4)ccc(C)c3n2)sc2ccccc12. The quantitative estimate of drug-likeness (QED) is 0.280. The average molecular weight is 480 g/mol. The molecular formula is C30H25NO3S. The highest BCUT2D eigenvalue weighted by molar-refractivity contribution is 7.22. The highest BCUT2D eigenvalue weighted by Crippen LogP contribution is 2.43. The summed E-state index contributed by atoms with van der Waals surface area (Å²) >= 11 is 1.65. The first-order chi connectivity index (χ1) is 17.0. The Morgan fingerprint density at radius 3 is 2.49 bits per heavy atom. The zero-order chi connectivity index (χ0) is 24.1. The van der Waals surface area contributed by atoms with Gasteiger partial charge in [-0.15, -0.1) is 11.3 Å². The van der Waals surface area contributed by atoms with Gasteiger partial charge in [-0.05, 0) is 72.9 Å². The van der Waals surface area contributed by atoms with E-state index in [1.807, 2.05) is 37.3 Å². The van der Waals surface area contributed by atoms with Crippen LogP contribution in [0.15, 0.2) is 72.8 Å². The second-order valence-electron chi connectivity index (χ2n) is 9.34. The summed E-state index contributed by atoms with van der Waals surface area (Å²) in [5.41, 5.74) is 5.01. The number of hydrogen-bond acceptors (Lipinski definition) is 4. The van der Waals surface area contributed by atoms with Crippen molar-refractivity contribution in [2.75, 3.05) is 0 Å². The van der Waals surface area contributed by atoms with Crippen molar-refractivity contribution in [3.63, 3.8) is 0 Å². The summed E-state index contributed by atoms with van der Waals surface area (Å²) in [5, 5.41) is 12.0. The summed E-state index contributed by atoms with van der Waals surface area (Å²) in [7, 11) is 0. The number of carboxylic acids is 1. The van der Waals surface area contributed by atoms with Gasteiger partial charge >= 0.3 is 5.97 Å². The molecule has 1 aliphatic carbocycles. The third-order valence-electron chi connectivity index (χ3n) is 7.09. The van der Waals surface area contributed by atoms with Crippen LogP contribution in [-0.2, 0) is 0 Å². The number of pyridine rings is 1. The first-order valence-electron chi connectivity index (χ1n) is 11.9. The molecule has 0 atom stereocenters. The molecule has 5 aromatic rings. The van der Waals surface area contributed by atoms with E-state index in [0.717, 1.165) is 28.8 Å². The van der Waals surface area contributed by atoms with Crippen molar-refractivity contribution in [2.45, 2.75) is 38.7 Å². The van der Waals surface area contributed by atoms with Gasteiger partial charge < -0.3 is 9.84 Å². The number of fused-ring (bicyclic) bond motifs is 2. The zero-order valence-electron chi connectivity index (χ0n) is 19.6. The third-order valence-corrected chi connectivity index (χ3v) is 8.39. The largest absolute Gasteiger partial charge is 0.490 e. The van der Waals surface area contributed by atoms with Crippen molar-refractivity contribution < 1.29 is 14.6 Å². The van der Waals surface area contributed by atoms with Gasteiger partial charge in [0.1, 0.15) is 5.75 Å². The van der Waals surface area contributed by atoms with Crippen LogP contribution in [-0.4, -0.2) is 22.2 Å². The van der Waals surface area contributed by atoms with Crippen LogP contribution in [0.3, 0.4) is 0 Å². The van der Waals surface area contributed by atoms with E-state index in [1.165, 1.54) is 15.6 Å². The van der Waals surface area contributed by atoms with E-state index >= 15 is 0 Å². The summed E-state index contributed by atoms with van der Waals surface area (Å²) in [6.07, 6.45) is 1.92. The standard InChI is InChI=1S/C30H25NO3S/c1-17-12-13-25(34-21-14-20(15-21)19-8-4-3-5-9-19)27-23(30(32)33)16-24(31-28(17)27)29-18(2)22-10-6-7-11-26(22)35-29/h3-13,16,20-21H,14-15H2,1-2H3,(H,32,33)/t20-,21+. The smallest absolute Gasteiger partial charge is 0.336 e. The van der Waals surface area contributed by atoms with Crippen LogP contribution >= 0.6 is 11.3 Å². The maximum absolute atomic E-state index is 12.4. The highest BCUT2D eigenvalue weighted by Gasteiger charge is 2.33. The fourth-order valence-electron chi connectivity index (χ4n) is 5.08. The van der Waals surface area contributed by atoms with Crippen LogP contribution in [0.25, 0.3) is 31.6 Å². The van der Waals surface area contributed by atoms with Gasteiger partial charge in [0.15, 0.2) is 0 Å². The molecule has 6 rings (SSSR count). The molecule has 5 heteroatoms. The second-order valence-corrected chi connectivity index (χ2v) is 10.4. The molecule has 1 saturated carbocycles. The molecular weight excluding hydrogens is 454 g/mol. The molecule has 1 fully saturated rings. The number of benzene rings is 3. The van der Waals surface area contributed by atoms with E-state index in [0.29, 0.717) is 28.3 Å². The summed E-state index contributed by atoms with van der Waals surface area (Å²) < 4.78 is 7.55. The van der Waals surface area contributed by atoms with E-state index in [9.17, 15) is 9.90 Å². The Morgan fingerprint density at radius 2 is 1.74 bits per heavy atom.